The largest absolute Gasteiger partial charge is 0.497 e. The van der Waals surface area contributed by atoms with Gasteiger partial charge in [0.25, 0.3) is 5.69 Å². The molecule has 2 rings (SSSR count). The van der Waals surface area contributed by atoms with Gasteiger partial charge in [-0.3, -0.25) is 15.0 Å². The van der Waals surface area contributed by atoms with Crippen LogP contribution < -0.4 is 9.46 Å². The maximum Gasteiger partial charge on any atom is 0.293 e. The van der Waals surface area contributed by atoms with E-state index in [9.17, 15) is 26.9 Å². The first-order valence-electron chi connectivity index (χ1n) is 8.04. The van der Waals surface area contributed by atoms with Gasteiger partial charge in [0.2, 0.25) is 20.0 Å². The van der Waals surface area contributed by atoms with Gasteiger partial charge in [0.15, 0.2) is 4.90 Å². The molecule has 1 aliphatic heterocycles. The number of rotatable bonds is 8. The van der Waals surface area contributed by atoms with Gasteiger partial charge in [-0.25, -0.2) is 21.6 Å². The van der Waals surface area contributed by atoms with Crippen LogP contribution in [0.5, 0.6) is 5.75 Å². The lowest BCUT2D eigenvalue weighted by Gasteiger charge is -2.33. The molecule has 0 atom stereocenters. The normalized spacial score (nSPS) is 17.0. The van der Waals surface area contributed by atoms with Crippen molar-refractivity contribution in [2.24, 2.45) is 0 Å². The fourth-order valence-electron chi connectivity index (χ4n) is 2.69. The molecular weight excluding hydrogens is 400 g/mol. The highest BCUT2D eigenvalue weighted by molar-refractivity contribution is 7.89. The van der Waals surface area contributed by atoms with E-state index in [1.807, 2.05) is 4.90 Å². The average Bonchev–Trinajstić information content (AvgIpc) is 2.60. The summed E-state index contributed by atoms with van der Waals surface area (Å²) in [6.07, 6.45) is 1.15. The van der Waals surface area contributed by atoms with Crippen molar-refractivity contribution in [1.82, 2.24) is 13.9 Å². The minimum Gasteiger partial charge on any atom is -0.497 e. The van der Waals surface area contributed by atoms with Crippen molar-refractivity contribution in [3.05, 3.63) is 28.3 Å². The summed E-state index contributed by atoms with van der Waals surface area (Å²) < 4.78 is 56.4. The van der Waals surface area contributed by atoms with Gasteiger partial charge in [0.05, 0.1) is 24.4 Å². The van der Waals surface area contributed by atoms with E-state index in [0.717, 1.165) is 18.4 Å². The molecule has 1 aromatic rings. The minimum atomic E-state index is -4.08. The summed E-state index contributed by atoms with van der Waals surface area (Å²) in [4.78, 5) is 11.9. The van der Waals surface area contributed by atoms with Gasteiger partial charge < -0.3 is 4.74 Å². The van der Waals surface area contributed by atoms with Crippen LogP contribution in [0.15, 0.2) is 23.1 Å². The van der Waals surface area contributed by atoms with Crippen molar-refractivity contribution in [1.29, 1.82) is 0 Å². The molecule has 1 saturated heterocycles. The molecule has 0 spiro atoms. The van der Waals surface area contributed by atoms with Crippen LogP contribution in [-0.4, -0.2) is 83.6 Å². The number of nitrogens with one attached hydrogen (secondary N) is 1. The molecule has 1 aliphatic rings. The number of hydrogen-bond donors (Lipinski definition) is 1. The molecule has 1 N–H and O–H groups in total. The van der Waals surface area contributed by atoms with Crippen LogP contribution in [-0.2, 0) is 20.0 Å². The lowest BCUT2D eigenvalue weighted by Crippen LogP contribution is -2.49. The number of nitro benzene ring substituents is 1. The van der Waals surface area contributed by atoms with E-state index in [4.69, 9.17) is 4.74 Å². The van der Waals surface area contributed by atoms with Crippen molar-refractivity contribution >= 4 is 25.7 Å². The summed E-state index contributed by atoms with van der Waals surface area (Å²) in [5.41, 5.74) is -0.566. The van der Waals surface area contributed by atoms with Crippen LogP contribution >= 0.6 is 0 Å². The number of hydrogen-bond acceptors (Lipinski definition) is 8. The molecule has 1 fully saturated rings. The number of ether oxygens (including phenoxy) is 1. The molecule has 152 valence electrons. The van der Waals surface area contributed by atoms with Gasteiger partial charge in [0.1, 0.15) is 5.75 Å². The Morgan fingerprint density at radius 3 is 2.33 bits per heavy atom. The highest BCUT2D eigenvalue weighted by atomic mass is 32.2. The van der Waals surface area contributed by atoms with Crippen LogP contribution in [0.3, 0.4) is 0 Å². The van der Waals surface area contributed by atoms with E-state index in [2.05, 4.69) is 4.72 Å². The topological polar surface area (TPSA) is 139 Å². The first-order valence-corrected chi connectivity index (χ1v) is 11.4. The second kappa shape index (κ2) is 8.48. The van der Waals surface area contributed by atoms with Gasteiger partial charge in [-0.05, 0) is 12.1 Å². The van der Waals surface area contributed by atoms with E-state index in [-0.39, 0.29) is 12.3 Å². The SMILES string of the molecule is COc1ccc(S(=O)(=O)NCCN2CCN(S(C)(=O)=O)CC2)c([N+](=O)[O-])c1. The number of sulfonamides is 2. The fourth-order valence-corrected chi connectivity index (χ4v) is 4.69. The molecule has 1 heterocycles. The number of nitro groups is 1. The Balaban J connectivity index is 1.97. The lowest BCUT2D eigenvalue weighted by molar-refractivity contribution is -0.387. The van der Waals surface area contributed by atoms with E-state index in [0.29, 0.717) is 32.7 Å². The first-order chi connectivity index (χ1) is 12.5. The second-order valence-electron chi connectivity index (χ2n) is 5.99. The monoisotopic (exact) mass is 422 g/mol. The Kier molecular flexibility index (Phi) is 6.75. The number of nitrogens with zero attached hydrogens (tertiary/aromatic N) is 3. The highest BCUT2D eigenvalue weighted by Gasteiger charge is 2.27. The molecule has 1 aromatic carbocycles. The molecule has 0 amide bonds. The summed E-state index contributed by atoms with van der Waals surface area (Å²) in [5.74, 6) is 0.185. The zero-order valence-corrected chi connectivity index (χ0v) is 16.6. The quantitative estimate of drug-likeness (QED) is 0.435. The third-order valence-electron chi connectivity index (χ3n) is 4.17. The van der Waals surface area contributed by atoms with Gasteiger partial charge in [-0.1, -0.05) is 0 Å². The number of methoxy groups -OCH3 is 1. The Hall–Kier alpha value is -1.80. The standard InChI is InChI=1S/C14H22N4O7S2/c1-25-12-3-4-14(13(11-12)18(19)20)27(23,24)15-5-6-16-7-9-17(10-8-16)26(2,21)22/h3-4,11,15H,5-10H2,1-2H3. The van der Waals surface area contributed by atoms with Crippen LogP contribution in [0.25, 0.3) is 0 Å². The predicted octanol–water partition coefficient (Wildman–Crippen LogP) is -0.541. The molecule has 0 bridgehead atoms. The summed E-state index contributed by atoms with van der Waals surface area (Å²) in [5, 5.41) is 11.2. The van der Waals surface area contributed by atoms with Crippen molar-refractivity contribution in [2.45, 2.75) is 4.90 Å². The molecule has 0 aromatic heterocycles. The second-order valence-corrected chi connectivity index (χ2v) is 9.71. The van der Waals surface area contributed by atoms with Gasteiger partial charge >= 0.3 is 0 Å². The van der Waals surface area contributed by atoms with Crippen LogP contribution in [0.4, 0.5) is 5.69 Å². The summed E-state index contributed by atoms with van der Waals surface area (Å²) in [6, 6.07) is 3.52. The van der Waals surface area contributed by atoms with E-state index in [1.54, 1.807) is 0 Å². The third-order valence-corrected chi connectivity index (χ3v) is 6.98. The fraction of sp³-hybridized carbons (Fsp3) is 0.571. The maximum atomic E-state index is 12.4. The first kappa shape index (κ1) is 21.5. The Bertz CT molecular complexity index is 894. The molecule has 0 saturated carbocycles. The van der Waals surface area contributed by atoms with Crippen molar-refractivity contribution in [3.63, 3.8) is 0 Å². The van der Waals surface area contributed by atoms with Crippen molar-refractivity contribution in [3.8, 4) is 5.75 Å². The van der Waals surface area contributed by atoms with E-state index in [1.165, 1.54) is 17.5 Å². The van der Waals surface area contributed by atoms with Gasteiger partial charge in [-0.2, -0.15) is 4.31 Å². The molecule has 11 nitrogen and oxygen atoms in total. The molecular formula is C14H22N4O7S2. The maximum absolute atomic E-state index is 12.4. The molecule has 0 unspecified atom stereocenters. The average molecular weight is 422 g/mol. The van der Waals surface area contributed by atoms with Gasteiger partial charge in [-0.15, -0.1) is 0 Å². The van der Waals surface area contributed by atoms with E-state index < -0.39 is 35.6 Å². The lowest BCUT2D eigenvalue weighted by atomic mass is 10.3. The Morgan fingerprint density at radius 1 is 1.19 bits per heavy atom. The zero-order valence-electron chi connectivity index (χ0n) is 15.0. The Morgan fingerprint density at radius 2 is 1.81 bits per heavy atom. The Labute approximate surface area is 158 Å². The molecule has 27 heavy (non-hydrogen) atoms. The number of benzene rings is 1. The summed E-state index contributed by atoms with van der Waals surface area (Å²) in [7, 11) is -5.97. The van der Waals surface area contributed by atoms with E-state index >= 15 is 0 Å². The molecule has 0 aliphatic carbocycles. The predicted molar refractivity (Wildman–Crippen MR) is 97.7 cm³/mol. The van der Waals surface area contributed by atoms with Crippen LogP contribution in [0.1, 0.15) is 0 Å². The van der Waals surface area contributed by atoms with Crippen molar-refractivity contribution < 1.29 is 26.5 Å². The number of piperazine rings is 1. The zero-order chi connectivity index (χ0) is 20.2. The third kappa shape index (κ3) is 5.59. The summed E-state index contributed by atoms with van der Waals surface area (Å²) in [6.45, 7) is 2.06. The van der Waals surface area contributed by atoms with Gasteiger partial charge in [0, 0.05) is 39.3 Å². The molecule has 13 heteroatoms. The molecule has 0 radical (unpaired) electrons. The highest BCUT2D eigenvalue weighted by Crippen LogP contribution is 2.28. The summed E-state index contributed by atoms with van der Waals surface area (Å²) >= 11 is 0. The van der Waals surface area contributed by atoms with Crippen LogP contribution in [0, 0.1) is 10.1 Å². The van der Waals surface area contributed by atoms with Crippen molar-refractivity contribution in [2.75, 3.05) is 52.6 Å². The van der Waals surface area contributed by atoms with Crippen LogP contribution in [0.2, 0.25) is 0 Å². The smallest absolute Gasteiger partial charge is 0.293 e. The minimum absolute atomic E-state index is 0.0460.